The Morgan fingerprint density at radius 1 is 1.14 bits per heavy atom. The number of fused-ring (bicyclic) bond motifs is 1. The van der Waals surface area contributed by atoms with E-state index in [9.17, 15) is 25.2 Å². The van der Waals surface area contributed by atoms with Crippen LogP contribution in [0.15, 0.2) is 22.8 Å². The smallest absolute Gasteiger partial charge is 0.305 e. The molecule has 1 aromatic carbocycles. The van der Waals surface area contributed by atoms with E-state index in [1.807, 2.05) is 0 Å². The third-order valence-electron chi connectivity index (χ3n) is 4.84. The molecule has 3 rings (SSSR count). The number of aliphatic hydroxyl groups excluding tert-OH is 4. The van der Waals surface area contributed by atoms with Crippen molar-refractivity contribution in [1.82, 2.24) is 0 Å². The van der Waals surface area contributed by atoms with E-state index in [0.29, 0.717) is 16.5 Å². The number of aliphatic hydroxyl groups is 4. The average Bonchev–Trinajstić information content (AvgIpc) is 3.20. The van der Waals surface area contributed by atoms with Crippen LogP contribution in [0.25, 0.3) is 11.0 Å². The zero-order valence-corrected chi connectivity index (χ0v) is 16.0. The van der Waals surface area contributed by atoms with Crippen molar-refractivity contribution in [2.75, 3.05) is 20.8 Å². The van der Waals surface area contributed by atoms with Gasteiger partial charge in [-0.3, -0.25) is 4.79 Å². The number of hydrogen-bond acceptors (Lipinski definition) is 10. The van der Waals surface area contributed by atoms with Gasteiger partial charge in [-0.05, 0) is 24.1 Å². The number of carbonyl (C=O) groups is 1. The van der Waals surface area contributed by atoms with Crippen molar-refractivity contribution in [3.05, 3.63) is 24.0 Å². The Kier molecular flexibility index (Phi) is 6.60. The number of ether oxygens (including phenoxy) is 4. The van der Waals surface area contributed by atoms with Crippen LogP contribution < -0.4 is 9.47 Å². The molecule has 0 aliphatic carbocycles. The molecule has 1 aromatic heterocycles. The SMILES string of the molecule is COC(=O)CCc1cc2ccoc2c(OC)c1O[C@@H]1O[C@H](CO)[C@@H](O)[C@H](O)[C@H]1O. The topological polar surface area (TPSA) is 148 Å². The molecule has 0 bridgehead atoms. The fourth-order valence-electron chi connectivity index (χ4n) is 3.24. The molecule has 4 N–H and O–H groups in total. The zero-order chi connectivity index (χ0) is 21.1. The number of esters is 1. The number of hydrogen-bond donors (Lipinski definition) is 4. The van der Waals surface area contributed by atoms with E-state index < -0.39 is 43.3 Å². The van der Waals surface area contributed by atoms with E-state index in [1.54, 1.807) is 12.1 Å². The molecule has 0 amide bonds. The molecule has 1 aliphatic heterocycles. The van der Waals surface area contributed by atoms with E-state index in [0.717, 1.165) is 0 Å². The van der Waals surface area contributed by atoms with Gasteiger partial charge in [0.05, 0.1) is 27.1 Å². The number of furan rings is 1. The Hall–Kier alpha value is -2.37. The first kappa shape index (κ1) is 21.3. The van der Waals surface area contributed by atoms with E-state index in [-0.39, 0.29) is 24.3 Å². The van der Waals surface area contributed by atoms with Gasteiger partial charge < -0.3 is 43.8 Å². The van der Waals surface area contributed by atoms with Gasteiger partial charge >= 0.3 is 5.97 Å². The molecule has 2 aromatic rings. The Morgan fingerprint density at radius 3 is 2.55 bits per heavy atom. The third kappa shape index (κ3) is 4.16. The van der Waals surface area contributed by atoms with Gasteiger partial charge in [0.15, 0.2) is 11.3 Å². The lowest BCUT2D eigenvalue weighted by molar-refractivity contribution is -0.277. The molecule has 0 unspecified atom stereocenters. The molecule has 0 radical (unpaired) electrons. The Bertz CT molecular complexity index is 845. The largest absolute Gasteiger partial charge is 0.490 e. The molecule has 1 aliphatic rings. The molecule has 10 heteroatoms. The van der Waals surface area contributed by atoms with E-state index in [4.69, 9.17) is 18.6 Å². The molecule has 10 nitrogen and oxygen atoms in total. The van der Waals surface area contributed by atoms with Crippen LogP contribution in [0.2, 0.25) is 0 Å². The van der Waals surface area contributed by atoms with Crippen LogP contribution in [-0.4, -0.2) is 77.9 Å². The summed E-state index contributed by atoms with van der Waals surface area (Å²) in [7, 11) is 2.69. The average molecular weight is 412 g/mol. The zero-order valence-electron chi connectivity index (χ0n) is 16.0. The molecule has 160 valence electrons. The minimum atomic E-state index is -1.60. The first-order valence-corrected chi connectivity index (χ1v) is 9.02. The van der Waals surface area contributed by atoms with Crippen LogP contribution in [0.4, 0.5) is 0 Å². The van der Waals surface area contributed by atoms with Crippen LogP contribution in [-0.2, 0) is 20.7 Å². The highest BCUT2D eigenvalue weighted by Crippen LogP contribution is 2.41. The summed E-state index contributed by atoms with van der Waals surface area (Å²) in [6.45, 7) is -0.589. The Balaban J connectivity index is 1.98. The summed E-state index contributed by atoms with van der Waals surface area (Å²) in [4.78, 5) is 11.6. The van der Waals surface area contributed by atoms with E-state index in [2.05, 4.69) is 4.74 Å². The minimum Gasteiger partial charge on any atom is -0.490 e. The minimum absolute atomic E-state index is 0.0635. The quantitative estimate of drug-likeness (QED) is 0.448. The van der Waals surface area contributed by atoms with Gasteiger partial charge in [-0.1, -0.05) is 0 Å². The summed E-state index contributed by atoms with van der Waals surface area (Å²) in [6.07, 6.45) is -5.48. The summed E-state index contributed by atoms with van der Waals surface area (Å²) in [5.41, 5.74) is 0.937. The second-order valence-electron chi connectivity index (χ2n) is 6.63. The molecular formula is C19H24O10. The predicted molar refractivity (Wildman–Crippen MR) is 97.5 cm³/mol. The summed E-state index contributed by atoms with van der Waals surface area (Å²) in [5, 5.41) is 40.3. The van der Waals surface area contributed by atoms with Crippen molar-refractivity contribution >= 4 is 16.9 Å². The molecule has 0 saturated carbocycles. The van der Waals surface area contributed by atoms with Gasteiger partial charge in [0.2, 0.25) is 12.0 Å². The normalized spacial score (nSPS) is 27.0. The molecule has 0 spiro atoms. The van der Waals surface area contributed by atoms with Crippen molar-refractivity contribution in [2.24, 2.45) is 0 Å². The second-order valence-corrected chi connectivity index (χ2v) is 6.63. The maximum atomic E-state index is 11.6. The van der Waals surface area contributed by atoms with Crippen LogP contribution >= 0.6 is 0 Å². The number of carbonyl (C=O) groups excluding carboxylic acids is 1. The van der Waals surface area contributed by atoms with Crippen molar-refractivity contribution < 1.29 is 48.6 Å². The van der Waals surface area contributed by atoms with Gasteiger partial charge in [0, 0.05) is 11.8 Å². The van der Waals surface area contributed by atoms with Gasteiger partial charge in [-0.25, -0.2) is 0 Å². The van der Waals surface area contributed by atoms with Crippen molar-refractivity contribution in [1.29, 1.82) is 0 Å². The lowest BCUT2D eigenvalue weighted by atomic mass is 9.99. The Morgan fingerprint density at radius 2 is 1.90 bits per heavy atom. The molecule has 1 fully saturated rings. The van der Waals surface area contributed by atoms with Crippen LogP contribution in [0.5, 0.6) is 11.5 Å². The predicted octanol–water partition coefficient (Wildman–Crippen LogP) is -0.274. The number of rotatable bonds is 7. The Labute approximate surface area is 166 Å². The van der Waals surface area contributed by atoms with Crippen LogP contribution in [0.3, 0.4) is 0 Å². The monoisotopic (exact) mass is 412 g/mol. The fraction of sp³-hybridized carbons (Fsp3) is 0.526. The van der Waals surface area contributed by atoms with E-state index in [1.165, 1.54) is 20.5 Å². The first-order chi connectivity index (χ1) is 13.9. The van der Waals surface area contributed by atoms with Crippen LogP contribution in [0.1, 0.15) is 12.0 Å². The lowest BCUT2D eigenvalue weighted by Gasteiger charge is -2.39. The highest BCUT2D eigenvalue weighted by atomic mass is 16.7. The number of methoxy groups -OCH3 is 2. The summed E-state index contributed by atoms with van der Waals surface area (Å²) in [5.74, 6) is -0.0671. The third-order valence-corrected chi connectivity index (χ3v) is 4.84. The molecular weight excluding hydrogens is 388 g/mol. The standard InChI is InChI=1S/C19H24O10/c1-25-12(21)4-3-9-7-10-5-6-27-16(10)18(26-2)17(9)29-19-15(24)14(23)13(22)11(8-20)28-19/h5-7,11,13-15,19-20,22-24H,3-4,8H2,1-2H3/t11-,13-,14+,15-,19+/m1/s1. The van der Waals surface area contributed by atoms with Gasteiger partial charge in [-0.2, -0.15) is 0 Å². The second kappa shape index (κ2) is 8.97. The van der Waals surface area contributed by atoms with Gasteiger partial charge in [0.1, 0.15) is 24.4 Å². The van der Waals surface area contributed by atoms with Crippen molar-refractivity contribution in [3.63, 3.8) is 0 Å². The lowest BCUT2D eigenvalue weighted by Crippen LogP contribution is -2.60. The fourth-order valence-corrected chi connectivity index (χ4v) is 3.24. The first-order valence-electron chi connectivity index (χ1n) is 9.02. The number of benzene rings is 1. The molecule has 2 heterocycles. The maximum Gasteiger partial charge on any atom is 0.305 e. The van der Waals surface area contributed by atoms with Crippen molar-refractivity contribution in [3.8, 4) is 11.5 Å². The van der Waals surface area contributed by atoms with Crippen molar-refractivity contribution in [2.45, 2.75) is 43.5 Å². The molecule has 1 saturated heterocycles. The molecule has 5 atom stereocenters. The summed E-state index contributed by atoms with van der Waals surface area (Å²) >= 11 is 0. The van der Waals surface area contributed by atoms with Gasteiger partial charge in [-0.15, -0.1) is 0 Å². The maximum absolute atomic E-state index is 11.6. The highest BCUT2D eigenvalue weighted by molar-refractivity contribution is 5.87. The highest BCUT2D eigenvalue weighted by Gasteiger charge is 2.45. The number of aryl methyl sites for hydroxylation is 1. The van der Waals surface area contributed by atoms with Crippen LogP contribution in [0, 0.1) is 0 Å². The van der Waals surface area contributed by atoms with Gasteiger partial charge in [0.25, 0.3) is 0 Å². The summed E-state index contributed by atoms with van der Waals surface area (Å²) in [6, 6.07) is 3.46. The molecule has 29 heavy (non-hydrogen) atoms. The summed E-state index contributed by atoms with van der Waals surface area (Å²) < 4.78 is 26.8. The van der Waals surface area contributed by atoms with E-state index >= 15 is 0 Å².